The lowest BCUT2D eigenvalue weighted by Crippen LogP contribution is -1.99. The molecule has 0 bridgehead atoms. The van der Waals surface area contributed by atoms with Crippen LogP contribution in [0, 0.1) is 0 Å². The number of hydrogen-bond acceptors (Lipinski definition) is 2. The van der Waals surface area contributed by atoms with Crippen LogP contribution in [-0.4, -0.2) is 13.2 Å². The topological polar surface area (TPSA) is 18.5 Å². The summed E-state index contributed by atoms with van der Waals surface area (Å²) in [7, 11) is 0. The van der Waals surface area contributed by atoms with E-state index >= 15 is 0 Å². The summed E-state index contributed by atoms with van der Waals surface area (Å²) in [5.41, 5.74) is 0. The highest BCUT2D eigenvalue weighted by Gasteiger charge is 2.04. The number of benzene rings is 3. The van der Waals surface area contributed by atoms with Gasteiger partial charge in [0.25, 0.3) is 0 Å². The third-order valence-corrected chi connectivity index (χ3v) is 3.74. The van der Waals surface area contributed by atoms with Crippen molar-refractivity contribution in [3.63, 3.8) is 0 Å². The van der Waals surface area contributed by atoms with E-state index in [0.29, 0.717) is 13.2 Å². The average molecular weight is 292 g/mol. The molecular formula is C20H20O2. The summed E-state index contributed by atoms with van der Waals surface area (Å²) in [5.74, 6) is 0.952. The van der Waals surface area contributed by atoms with E-state index in [0.717, 1.165) is 18.6 Å². The van der Waals surface area contributed by atoms with E-state index in [9.17, 15) is 0 Å². The van der Waals surface area contributed by atoms with E-state index in [1.807, 2.05) is 12.1 Å². The van der Waals surface area contributed by atoms with Crippen LogP contribution in [0.5, 0.6) is 5.75 Å². The van der Waals surface area contributed by atoms with Crippen LogP contribution in [0.1, 0.15) is 12.8 Å². The molecule has 0 aliphatic carbocycles. The predicted octanol–water partition coefficient (Wildman–Crippen LogP) is 5.31. The molecule has 0 fully saturated rings. The standard InChI is InChI=1S/C20H20O2/c1-2-21-12-5-6-13-22-20-11-7-10-18-14-16-8-3-4-9-17(16)15-19(18)20/h2-4,7-11,14-15H,1,5-6,12-13H2. The van der Waals surface area contributed by atoms with Gasteiger partial charge in [0.05, 0.1) is 19.5 Å². The van der Waals surface area contributed by atoms with Gasteiger partial charge in [-0.05, 0) is 47.2 Å². The van der Waals surface area contributed by atoms with Gasteiger partial charge in [0.2, 0.25) is 0 Å². The van der Waals surface area contributed by atoms with Crippen LogP contribution in [0.15, 0.2) is 67.4 Å². The molecule has 0 aliphatic heterocycles. The van der Waals surface area contributed by atoms with E-state index in [2.05, 4.69) is 49.0 Å². The zero-order valence-corrected chi connectivity index (χ0v) is 12.6. The van der Waals surface area contributed by atoms with Gasteiger partial charge >= 0.3 is 0 Å². The molecule has 0 N–H and O–H groups in total. The Morgan fingerprint density at radius 2 is 1.55 bits per heavy atom. The molecule has 0 radical (unpaired) electrons. The van der Waals surface area contributed by atoms with Gasteiger partial charge in [0.1, 0.15) is 5.75 Å². The summed E-state index contributed by atoms with van der Waals surface area (Å²) in [6.45, 7) is 4.93. The van der Waals surface area contributed by atoms with Crippen LogP contribution in [0.2, 0.25) is 0 Å². The zero-order chi connectivity index (χ0) is 15.2. The molecule has 22 heavy (non-hydrogen) atoms. The Morgan fingerprint density at radius 3 is 2.36 bits per heavy atom. The second kappa shape index (κ2) is 6.99. The van der Waals surface area contributed by atoms with E-state index in [1.165, 1.54) is 27.8 Å². The Labute approximate surface area is 131 Å². The van der Waals surface area contributed by atoms with E-state index in [-0.39, 0.29) is 0 Å². The summed E-state index contributed by atoms with van der Waals surface area (Å²) >= 11 is 0. The second-order valence-electron chi connectivity index (χ2n) is 5.27. The summed E-state index contributed by atoms with van der Waals surface area (Å²) in [4.78, 5) is 0. The SMILES string of the molecule is C=COCCCCOc1cccc2cc3ccccc3cc12. The molecule has 0 atom stereocenters. The fourth-order valence-corrected chi connectivity index (χ4v) is 2.62. The fraction of sp³-hybridized carbons (Fsp3) is 0.200. The molecule has 2 nitrogen and oxygen atoms in total. The van der Waals surface area contributed by atoms with Crippen molar-refractivity contribution in [2.75, 3.05) is 13.2 Å². The smallest absolute Gasteiger partial charge is 0.127 e. The maximum Gasteiger partial charge on any atom is 0.127 e. The molecule has 0 amide bonds. The number of hydrogen-bond donors (Lipinski definition) is 0. The molecule has 0 aromatic heterocycles. The molecule has 112 valence electrons. The Hall–Kier alpha value is -2.48. The molecule has 0 aliphatic rings. The summed E-state index contributed by atoms with van der Waals surface area (Å²) in [5, 5.41) is 4.88. The summed E-state index contributed by atoms with van der Waals surface area (Å²) in [6, 6.07) is 19.1. The van der Waals surface area contributed by atoms with Gasteiger partial charge in [-0.25, -0.2) is 0 Å². The molecule has 0 saturated carbocycles. The zero-order valence-electron chi connectivity index (χ0n) is 12.6. The average Bonchev–Trinajstić information content (AvgIpc) is 2.56. The number of fused-ring (bicyclic) bond motifs is 2. The first-order chi connectivity index (χ1) is 10.9. The Bertz CT molecular complexity index is 777. The first kappa shape index (κ1) is 14.5. The molecule has 3 aromatic rings. The largest absolute Gasteiger partial charge is 0.502 e. The van der Waals surface area contributed by atoms with Crippen molar-refractivity contribution in [1.29, 1.82) is 0 Å². The van der Waals surface area contributed by atoms with Crippen LogP contribution in [-0.2, 0) is 4.74 Å². The lowest BCUT2D eigenvalue weighted by Gasteiger charge is -2.10. The quantitative estimate of drug-likeness (QED) is 0.334. The Morgan fingerprint density at radius 1 is 0.818 bits per heavy atom. The predicted molar refractivity (Wildman–Crippen MR) is 92.3 cm³/mol. The third-order valence-electron chi connectivity index (χ3n) is 3.74. The van der Waals surface area contributed by atoms with Crippen molar-refractivity contribution in [2.24, 2.45) is 0 Å². The van der Waals surface area contributed by atoms with E-state index in [4.69, 9.17) is 9.47 Å². The first-order valence-corrected chi connectivity index (χ1v) is 7.65. The Balaban J connectivity index is 1.77. The van der Waals surface area contributed by atoms with Gasteiger partial charge in [-0.3, -0.25) is 0 Å². The van der Waals surface area contributed by atoms with E-state index in [1.54, 1.807) is 0 Å². The summed E-state index contributed by atoms with van der Waals surface area (Å²) < 4.78 is 11.1. The molecule has 0 heterocycles. The van der Waals surface area contributed by atoms with Gasteiger partial charge in [-0.2, -0.15) is 0 Å². The maximum atomic E-state index is 5.97. The van der Waals surface area contributed by atoms with Crippen LogP contribution in [0.4, 0.5) is 0 Å². The van der Waals surface area contributed by atoms with Crippen molar-refractivity contribution in [1.82, 2.24) is 0 Å². The monoisotopic (exact) mass is 292 g/mol. The van der Waals surface area contributed by atoms with Crippen molar-refractivity contribution in [3.8, 4) is 5.75 Å². The van der Waals surface area contributed by atoms with Crippen LogP contribution in [0.3, 0.4) is 0 Å². The number of rotatable bonds is 7. The van der Waals surface area contributed by atoms with Gasteiger partial charge in [0, 0.05) is 5.39 Å². The van der Waals surface area contributed by atoms with Gasteiger partial charge in [0.15, 0.2) is 0 Å². The lowest BCUT2D eigenvalue weighted by atomic mass is 10.0. The summed E-state index contributed by atoms with van der Waals surface area (Å²) in [6.07, 6.45) is 3.42. The highest BCUT2D eigenvalue weighted by atomic mass is 16.5. The minimum absolute atomic E-state index is 0.701. The third kappa shape index (κ3) is 3.22. The molecule has 3 aromatic carbocycles. The molecule has 0 spiro atoms. The van der Waals surface area contributed by atoms with Crippen LogP contribution >= 0.6 is 0 Å². The van der Waals surface area contributed by atoms with Crippen LogP contribution in [0.25, 0.3) is 21.5 Å². The fourth-order valence-electron chi connectivity index (χ4n) is 2.62. The second-order valence-corrected chi connectivity index (χ2v) is 5.27. The van der Waals surface area contributed by atoms with Gasteiger partial charge in [-0.1, -0.05) is 43.0 Å². The van der Waals surface area contributed by atoms with E-state index < -0.39 is 0 Å². The molecule has 0 unspecified atom stereocenters. The highest BCUT2D eigenvalue weighted by molar-refractivity contribution is 6.00. The molecular weight excluding hydrogens is 272 g/mol. The molecule has 3 rings (SSSR count). The normalized spacial score (nSPS) is 10.7. The highest BCUT2D eigenvalue weighted by Crippen LogP contribution is 2.30. The number of unbranched alkanes of at least 4 members (excludes halogenated alkanes) is 1. The molecule has 0 saturated heterocycles. The van der Waals surface area contributed by atoms with Gasteiger partial charge in [-0.15, -0.1) is 0 Å². The van der Waals surface area contributed by atoms with Gasteiger partial charge < -0.3 is 9.47 Å². The molecule has 2 heteroatoms. The van der Waals surface area contributed by atoms with Crippen molar-refractivity contribution in [3.05, 3.63) is 67.4 Å². The van der Waals surface area contributed by atoms with Crippen molar-refractivity contribution in [2.45, 2.75) is 12.8 Å². The minimum atomic E-state index is 0.701. The Kier molecular flexibility index (Phi) is 4.59. The lowest BCUT2D eigenvalue weighted by molar-refractivity contribution is 0.226. The van der Waals surface area contributed by atoms with Crippen LogP contribution < -0.4 is 4.74 Å². The van der Waals surface area contributed by atoms with Crippen molar-refractivity contribution >= 4 is 21.5 Å². The first-order valence-electron chi connectivity index (χ1n) is 7.65. The van der Waals surface area contributed by atoms with Crippen molar-refractivity contribution < 1.29 is 9.47 Å². The minimum Gasteiger partial charge on any atom is -0.502 e. The number of ether oxygens (including phenoxy) is 2. The maximum absolute atomic E-state index is 5.97.